The molecule has 0 radical (unpaired) electrons. The smallest absolute Gasteiger partial charge is 0.296 e. The molecule has 2 rings (SSSR count). The van der Waals surface area contributed by atoms with Crippen LogP contribution < -0.4 is 17.0 Å². The number of aromatic nitrogens is 4. The summed E-state index contributed by atoms with van der Waals surface area (Å²) in [5, 5.41) is 3.90. The van der Waals surface area contributed by atoms with E-state index in [1.807, 2.05) is 20.8 Å². The molecule has 0 aromatic carbocycles. The second-order valence-electron chi connectivity index (χ2n) is 5.34. The lowest BCUT2D eigenvalue weighted by atomic mass is 10.1. The van der Waals surface area contributed by atoms with Gasteiger partial charge in [0.25, 0.3) is 11.5 Å². The Morgan fingerprint density at radius 1 is 1.35 bits per heavy atom. The number of nitrogens with zero attached hydrogens (tertiary/aromatic N) is 4. The highest BCUT2D eigenvalue weighted by Gasteiger charge is 2.19. The van der Waals surface area contributed by atoms with Gasteiger partial charge < -0.3 is 16.0 Å². The van der Waals surface area contributed by atoms with Gasteiger partial charge in [-0.3, -0.25) is 9.59 Å². The quantitative estimate of drug-likeness (QED) is 0.790. The van der Waals surface area contributed by atoms with Crippen LogP contribution in [0.15, 0.2) is 23.4 Å². The van der Waals surface area contributed by atoms with E-state index in [0.29, 0.717) is 0 Å². The summed E-state index contributed by atoms with van der Waals surface area (Å²) >= 11 is 0. The minimum Gasteiger partial charge on any atom is -0.396 e. The third kappa shape index (κ3) is 2.27. The van der Waals surface area contributed by atoms with Crippen molar-refractivity contribution in [2.75, 3.05) is 5.73 Å². The molecule has 0 atom stereocenters. The van der Waals surface area contributed by atoms with Gasteiger partial charge in [0.15, 0.2) is 5.69 Å². The van der Waals surface area contributed by atoms with E-state index in [2.05, 4.69) is 10.1 Å². The highest BCUT2D eigenvalue weighted by Crippen LogP contribution is 2.13. The third-order valence-electron chi connectivity index (χ3n) is 2.74. The van der Waals surface area contributed by atoms with Gasteiger partial charge in [-0.25, -0.2) is 9.67 Å². The normalized spacial score (nSPS) is 11.6. The van der Waals surface area contributed by atoms with E-state index >= 15 is 0 Å². The Kier molecular flexibility index (Phi) is 3.09. The first kappa shape index (κ1) is 13.8. The van der Waals surface area contributed by atoms with Crippen LogP contribution in [0, 0.1) is 0 Å². The molecule has 0 aliphatic carbocycles. The van der Waals surface area contributed by atoms with Crippen LogP contribution in [0.2, 0.25) is 0 Å². The number of nitrogens with two attached hydrogens (primary N) is 2. The van der Waals surface area contributed by atoms with Gasteiger partial charge in [-0.05, 0) is 20.8 Å². The van der Waals surface area contributed by atoms with E-state index in [4.69, 9.17) is 11.5 Å². The number of primary amides is 1. The lowest BCUT2D eigenvalue weighted by Crippen LogP contribution is -2.36. The van der Waals surface area contributed by atoms with Gasteiger partial charge in [-0.15, -0.1) is 0 Å². The van der Waals surface area contributed by atoms with Gasteiger partial charge >= 0.3 is 0 Å². The molecule has 2 aromatic heterocycles. The predicted molar refractivity (Wildman–Crippen MR) is 73.5 cm³/mol. The van der Waals surface area contributed by atoms with Crippen molar-refractivity contribution in [2.45, 2.75) is 26.3 Å². The van der Waals surface area contributed by atoms with Crippen molar-refractivity contribution >= 4 is 11.6 Å². The monoisotopic (exact) mass is 276 g/mol. The maximum Gasteiger partial charge on any atom is 0.296 e. The van der Waals surface area contributed by atoms with Crippen molar-refractivity contribution in [3.8, 4) is 5.82 Å². The summed E-state index contributed by atoms with van der Waals surface area (Å²) in [7, 11) is 0. The average molecular weight is 276 g/mol. The molecule has 106 valence electrons. The van der Waals surface area contributed by atoms with Gasteiger partial charge in [0.2, 0.25) is 5.82 Å². The number of hydrogen-bond acceptors (Lipinski definition) is 5. The van der Waals surface area contributed by atoms with Crippen LogP contribution in [-0.2, 0) is 5.54 Å². The third-order valence-corrected chi connectivity index (χ3v) is 2.74. The van der Waals surface area contributed by atoms with Gasteiger partial charge in [0.1, 0.15) is 0 Å². The molecule has 4 N–H and O–H groups in total. The Bertz CT molecular complexity index is 722. The van der Waals surface area contributed by atoms with Crippen molar-refractivity contribution in [1.29, 1.82) is 0 Å². The first-order valence-electron chi connectivity index (χ1n) is 5.95. The summed E-state index contributed by atoms with van der Waals surface area (Å²) < 4.78 is 2.69. The topological polar surface area (TPSA) is 122 Å². The number of anilines is 1. The van der Waals surface area contributed by atoms with Crippen molar-refractivity contribution in [3.05, 3.63) is 34.6 Å². The Morgan fingerprint density at radius 2 is 2.00 bits per heavy atom. The highest BCUT2D eigenvalue weighted by molar-refractivity contribution is 5.95. The lowest BCUT2D eigenvalue weighted by molar-refractivity contribution is 0.0996. The van der Waals surface area contributed by atoms with Gasteiger partial charge in [-0.1, -0.05) is 0 Å². The predicted octanol–water partition coefficient (Wildman–Crippen LogP) is -0.135. The Balaban J connectivity index is 2.63. The van der Waals surface area contributed by atoms with E-state index in [0.717, 1.165) is 0 Å². The largest absolute Gasteiger partial charge is 0.396 e. The van der Waals surface area contributed by atoms with Crippen molar-refractivity contribution in [3.63, 3.8) is 0 Å². The van der Waals surface area contributed by atoms with Gasteiger partial charge in [0.05, 0.1) is 11.9 Å². The fourth-order valence-corrected chi connectivity index (χ4v) is 1.77. The summed E-state index contributed by atoms with van der Waals surface area (Å²) in [5.41, 5.74) is 10.1. The number of amides is 1. The zero-order chi connectivity index (χ0) is 15.1. The Labute approximate surface area is 115 Å². The maximum absolute atomic E-state index is 12.4. The van der Waals surface area contributed by atoms with E-state index in [1.165, 1.54) is 21.6 Å². The number of nitrogen functional groups attached to an aromatic ring is 1. The van der Waals surface area contributed by atoms with Crippen molar-refractivity contribution in [1.82, 2.24) is 19.3 Å². The molecule has 0 saturated carbocycles. The van der Waals surface area contributed by atoms with Crippen LogP contribution in [-0.4, -0.2) is 25.2 Å². The van der Waals surface area contributed by atoms with E-state index < -0.39 is 11.4 Å². The summed E-state index contributed by atoms with van der Waals surface area (Å²) in [4.78, 5) is 27.5. The molecule has 0 aliphatic heterocycles. The molecule has 20 heavy (non-hydrogen) atoms. The Morgan fingerprint density at radius 3 is 2.50 bits per heavy atom. The fourth-order valence-electron chi connectivity index (χ4n) is 1.77. The molecular formula is C12H16N6O2. The molecule has 2 heterocycles. The summed E-state index contributed by atoms with van der Waals surface area (Å²) in [6.07, 6.45) is 4.42. The first-order valence-corrected chi connectivity index (χ1v) is 5.95. The van der Waals surface area contributed by atoms with Crippen LogP contribution in [0.25, 0.3) is 5.82 Å². The lowest BCUT2D eigenvalue weighted by Gasteiger charge is -2.22. The minimum absolute atomic E-state index is 0.0571. The van der Waals surface area contributed by atoms with Crippen molar-refractivity contribution in [2.24, 2.45) is 5.73 Å². The number of hydrogen-bond donors (Lipinski definition) is 2. The summed E-state index contributed by atoms with van der Waals surface area (Å²) in [6.45, 7) is 5.68. The summed E-state index contributed by atoms with van der Waals surface area (Å²) in [6, 6.07) is 0. The Hall–Kier alpha value is -2.64. The number of rotatable bonds is 2. The van der Waals surface area contributed by atoms with Crippen LogP contribution >= 0.6 is 0 Å². The maximum atomic E-state index is 12.4. The molecule has 0 saturated heterocycles. The molecule has 8 nitrogen and oxygen atoms in total. The van der Waals surface area contributed by atoms with Gasteiger partial charge in [0, 0.05) is 17.9 Å². The average Bonchev–Trinajstić information content (AvgIpc) is 2.70. The standard InChI is InChI=1S/C12H16N6O2/c1-12(2,3)17-5-4-15-10(11(17)20)18-6-7(13)8(16-18)9(14)19/h4-6H,13H2,1-3H3,(H2,14,19). The summed E-state index contributed by atoms with van der Waals surface area (Å²) in [5.74, 6) is -0.699. The van der Waals surface area contributed by atoms with E-state index in [1.54, 1.807) is 6.20 Å². The highest BCUT2D eigenvalue weighted by atomic mass is 16.1. The molecule has 0 aliphatic rings. The molecule has 0 unspecified atom stereocenters. The molecule has 1 amide bonds. The molecule has 0 spiro atoms. The molecule has 0 bridgehead atoms. The molecule has 0 fully saturated rings. The number of carbonyl (C=O) groups excluding carboxylic acids is 1. The molecule has 2 aromatic rings. The second-order valence-corrected chi connectivity index (χ2v) is 5.34. The number of carbonyl (C=O) groups is 1. The fraction of sp³-hybridized carbons (Fsp3) is 0.333. The first-order chi connectivity index (χ1) is 9.21. The van der Waals surface area contributed by atoms with Gasteiger partial charge in [-0.2, -0.15) is 5.10 Å². The molecular weight excluding hydrogens is 260 g/mol. The van der Waals surface area contributed by atoms with E-state index in [9.17, 15) is 9.59 Å². The van der Waals surface area contributed by atoms with Crippen LogP contribution in [0.4, 0.5) is 5.69 Å². The SMILES string of the molecule is CC(C)(C)n1ccnc(-n2cc(N)c(C(N)=O)n2)c1=O. The van der Waals surface area contributed by atoms with E-state index in [-0.39, 0.29) is 22.8 Å². The van der Waals surface area contributed by atoms with Crippen LogP contribution in [0.3, 0.4) is 0 Å². The zero-order valence-corrected chi connectivity index (χ0v) is 11.5. The van der Waals surface area contributed by atoms with Crippen molar-refractivity contribution < 1.29 is 4.79 Å². The minimum atomic E-state index is -0.756. The van der Waals surface area contributed by atoms with Crippen LogP contribution in [0.1, 0.15) is 31.3 Å². The van der Waals surface area contributed by atoms with Crippen LogP contribution in [0.5, 0.6) is 0 Å². The molecule has 8 heteroatoms. The zero-order valence-electron chi connectivity index (χ0n) is 11.5. The second kappa shape index (κ2) is 4.48.